The summed E-state index contributed by atoms with van der Waals surface area (Å²) < 4.78 is 0. The Morgan fingerprint density at radius 2 is 2.00 bits per heavy atom. The number of hydrogen-bond donors (Lipinski definition) is 3. The first-order valence-electron chi connectivity index (χ1n) is 10.5. The number of ketones is 1. The van der Waals surface area contributed by atoms with E-state index >= 15 is 0 Å². The van der Waals surface area contributed by atoms with Crippen molar-refractivity contribution >= 4 is 11.8 Å². The molecule has 0 aromatic rings. The Hall–Kier alpha value is -1.20. The summed E-state index contributed by atoms with van der Waals surface area (Å²) >= 11 is 0. The minimum Gasteiger partial charge on any atom is -0.481 e. The van der Waals surface area contributed by atoms with E-state index in [0.717, 1.165) is 44.9 Å². The number of carbonyl (C=O) groups is 2. The van der Waals surface area contributed by atoms with Crippen molar-refractivity contribution in [1.29, 1.82) is 0 Å². The molecule has 1 aliphatic rings. The van der Waals surface area contributed by atoms with Crippen LogP contribution in [0.3, 0.4) is 0 Å². The molecular weight excluding hydrogens is 344 g/mol. The number of aliphatic hydroxyl groups is 2. The monoisotopic (exact) mass is 382 g/mol. The fourth-order valence-electron chi connectivity index (χ4n) is 3.85. The second kappa shape index (κ2) is 11.6. The lowest BCUT2D eigenvalue weighted by atomic mass is 9.87. The summed E-state index contributed by atoms with van der Waals surface area (Å²) in [5.74, 6) is -1.29. The van der Waals surface area contributed by atoms with Crippen molar-refractivity contribution in [3.05, 3.63) is 12.2 Å². The van der Waals surface area contributed by atoms with Crippen molar-refractivity contribution in [1.82, 2.24) is 0 Å². The van der Waals surface area contributed by atoms with Crippen LogP contribution in [0.4, 0.5) is 0 Å². The van der Waals surface area contributed by atoms with Crippen LogP contribution in [0, 0.1) is 17.8 Å². The first-order chi connectivity index (χ1) is 12.7. The molecule has 1 aliphatic carbocycles. The fraction of sp³-hybridized carbons (Fsp3) is 0.818. The van der Waals surface area contributed by atoms with Gasteiger partial charge in [0.15, 0.2) is 0 Å². The summed E-state index contributed by atoms with van der Waals surface area (Å²) in [6.07, 6.45) is 10.7. The van der Waals surface area contributed by atoms with Crippen LogP contribution in [0.1, 0.15) is 85.0 Å². The zero-order valence-corrected chi connectivity index (χ0v) is 17.2. The van der Waals surface area contributed by atoms with Gasteiger partial charge in [-0.2, -0.15) is 0 Å². The second-order valence-corrected chi connectivity index (χ2v) is 8.53. The summed E-state index contributed by atoms with van der Waals surface area (Å²) in [6.45, 7) is 5.65. The van der Waals surface area contributed by atoms with Crippen molar-refractivity contribution in [3.8, 4) is 0 Å². The predicted octanol–water partition coefficient (Wildman–Crippen LogP) is 4.11. The van der Waals surface area contributed by atoms with Crippen LogP contribution >= 0.6 is 0 Å². The molecule has 0 bridgehead atoms. The van der Waals surface area contributed by atoms with E-state index < -0.39 is 17.7 Å². The molecule has 1 saturated carbocycles. The lowest BCUT2D eigenvalue weighted by Gasteiger charge is -2.22. The number of carboxylic acids is 1. The largest absolute Gasteiger partial charge is 0.481 e. The molecule has 0 amide bonds. The number of carbonyl (C=O) groups excluding carboxylic acids is 1. The van der Waals surface area contributed by atoms with E-state index in [-0.39, 0.29) is 30.0 Å². The van der Waals surface area contributed by atoms with Crippen LogP contribution in [0.25, 0.3) is 0 Å². The molecule has 1 rings (SSSR count). The van der Waals surface area contributed by atoms with Gasteiger partial charge in [-0.05, 0) is 32.6 Å². The maximum absolute atomic E-state index is 12.2. The van der Waals surface area contributed by atoms with Gasteiger partial charge in [0.2, 0.25) is 0 Å². The van der Waals surface area contributed by atoms with E-state index in [1.807, 2.05) is 19.1 Å². The molecule has 3 N–H and O–H groups in total. The maximum atomic E-state index is 12.2. The summed E-state index contributed by atoms with van der Waals surface area (Å²) in [5, 5.41) is 29.5. The van der Waals surface area contributed by atoms with Gasteiger partial charge >= 0.3 is 5.97 Å². The number of unbranched alkanes of at least 4 members (excludes halogenated alkanes) is 3. The highest BCUT2D eigenvalue weighted by Crippen LogP contribution is 2.34. The molecule has 0 spiro atoms. The van der Waals surface area contributed by atoms with Gasteiger partial charge in [-0.3, -0.25) is 9.59 Å². The third-order valence-corrected chi connectivity index (χ3v) is 5.79. The van der Waals surface area contributed by atoms with Crippen molar-refractivity contribution in [2.45, 2.75) is 96.7 Å². The minimum absolute atomic E-state index is 0.119. The summed E-state index contributed by atoms with van der Waals surface area (Å²) in [4.78, 5) is 23.1. The molecule has 0 aromatic carbocycles. The highest BCUT2D eigenvalue weighted by molar-refractivity contribution is 5.84. The Kier molecular flexibility index (Phi) is 10.2. The highest BCUT2D eigenvalue weighted by atomic mass is 16.4. The zero-order valence-electron chi connectivity index (χ0n) is 17.2. The van der Waals surface area contributed by atoms with Gasteiger partial charge in [0.1, 0.15) is 5.78 Å². The van der Waals surface area contributed by atoms with Crippen LogP contribution in [0.15, 0.2) is 12.2 Å². The van der Waals surface area contributed by atoms with Crippen LogP contribution in [-0.2, 0) is 9.59 Å². The van der Waals surface area contributed by atoms with Gasteiger partial charge in [-0.15, -0.1) is 0 Å². The minimum atomic E-state index is -0.760. The maximum Gasteiger partial charge on any atom is 0.306 e. The molecule has 27 heavy (non-hydrogen) atoms. The van der Waals surface area contributed by atoms with Crippen LogP contribution < -0.4 is 0 Å². The van der Waals surface area contributed by atoms with Gasteiger partial charge < -0.3 is 15.3 Å². The molecule has 0 aliphatic heterocycles. The third kappa shape index (κ3) is 8.56. The molecule has 5 atom stereocenters. The number of rotatable bonds is 13. The van der Waals surface area contributed by atoms with E-state index in [1.54, 1.807) is 6.92 Å². The Morgan fingerprint density at radius 1 is 1.30 bits per heavy atom. The summed E-state index contributed by atoms with van der Waals surface area (Å²) in [7, 11) is 0. The van der Waals surface area contributed by atoms with E-state index in [4.69, 9.17) is 5.11 Å². The molecule has 0 heterocycles. The van der Waals surface area contributed by atoms with Gasteiger partial charge in [-0.1, -0.05) is 58.1 Å². The molecule has 2 unspecified atom stereocenters. The standard InChI is InChI=1S/C22H38O5/c1-4-5-13-22(3,27)14-9-12-18-17(19(23)15-20(18)24)11-8-6-7-10-16(2)21(25)26/h9,12,16-18,20,24,27H,4-8,10-11,13-15H2,1-3H3,(H,25,26)/t16?,17-,18-,20-,22?/m1/s1. The van der Waals surface area contributed by atoms with Gasteiger partial charge in [-0.25, -0.2) is 0 Å². The molecule has 0 saturated heterocycles. The number of hydrogen-bond acceptors (Lipinski definition) is 4. The number of Topliss-reactive ketones (excluding diaryl/α,β-unsaturated/α-hetero) is 1. The summed E-state index contributed by atoms with van der Waals surface area (Å²) in [5.41, 5.74) is -0.740. The quantitative estimate of drug-likeness (QED) is 0.329. The van der Waals surface area contributed by atoms with Crippen LogP contribution in [0.2, 0.25) is 0 Å². The molecule has 5 heteroatoms. The number of aliphatic hydroxyl groups excluding tert-OH is 1. The van der Waals surface area contributed by atoms with E-state index in [9.17, 15) is 19.8 Å². The van der Waals surface area contributed by atoms with Crippen LogP contribution in [0.5, 0.6) is 0 Å². The van der Waals surface area contributed by atoms with E-state index in [2.05, 4.69) is 6.92 Å². The average Bonchev–Trinajstić information content (AvgIpc) is 2.86. The van der Waals surface area contributed by atoms with Crippen molar-refractivity contribution in [2.24, 2.45) is 17.8 Å². The van der Waals surface area contributed by atoms with Crippen molar-refractivity contribution < 1.29 is 24.9 Å². The Labute approximate surface area is 163 Å². The fourth-order valence-corrected chi connectivity index (χ4v) is 3.85. The lowest BCUT2D eigenvalue weighted by molar-refractivity contribution is -0.141. The Balaban J connectivity index is 2.46. The summed E-state index contributed by atoms with van der Waals surface area (Å²) in [6, 6.07) is 0. The first-order valence-corrected chi connectivity index (χ1v) is 10.5. The molecule has 0 aromatic heterocycles. The van der Waals surface area contributed by atoms with Gasteiger partial charge in [0.05, 0.1) is 17.6 Å². The Morgan fingerprint density at radius 3 is 2.63 bits per heavy atom. The second-order valence-electron chi connectivity index (χ2n) is 8.53. The average molecular weight is 383 g/mol. The number of carboxylic acid groups (broad SMARTS) is 1. The topological polar surface area (TPSA) is 94.8 Å². The van der Waals surface area contributed by atoms with Crippen LogP contribution in [-0.4, -0.2) is 38.8 Å². The molecule has 156 valence electrons. The van der Waals surface area contributed by atoms with E-state index in [1.165, 1.54) is 0 Å². The van der Waals surface area contributed by atoms with Crippen molar-refractivity contribution in [2.75, 3.05) is 0 Å². The van der Waals surface area contributed by atoms with Gasteiger partial charge in [0, 0.05) is 18.3 Å². The first kappa shape index (κ1) is 23.8. The van der Waals surface area contributed by atoms with Crippen molar-refractivity contribution in [3.63, 3.8) is 0 Å². The lowest BCUT2D eigenvalue weighted by Crippen LogP contribution is -2.23. The molecule has 5 nitrogen and oxygen atoms in total. The number of aliphatic carboxylic acids is 1. The molecular formula is C22H38O5. The normalized spacial score (nSPS) is 26.4. The smallest absolute Gasteiger partial charge is 0.306 e. The molecule has 0 radical (unpaired) electrons. The SMILES string of the molecule is CCCCC(C)(O)CC=C[C@H]1[C@H](O)CC(=O)[C@@H]1CCCCCC(C)C(=O)O. The molecule has 1 fully saturated rings. The predicted molar refractivity (Wildman–Crippen MR) is 106 cm³/mol. The highest BCUT2D eigenvalue weighted by Gasteiger charge is 2.39. The Bertz CT molecular complexity index is 497. The third-order valence-electron chi connectivity index (χ3n) is 5.79. The van der Waals surface area contributed by atoms with Gasteiger partial charge in [0.25, 0.3) is 0 Å². The zero-order chi connectivity index (χ0) is 20.4. The van der Waals surface area contributed by atoms with E-state index in [0.29, 0.717) is 12.8 Å².